The van der Waals surface area contributed by atoms with Crippen molar-refractivity contribution in [2.24, 2.45) is 0 Å². The summed E-state index contributed by atoms with van der Waals surface area (Å²) in [6, 6.07) is 9.37. The minimum atomic E-state index is -0.583. The lowest BCUT2D eigenvalue weighted by Gasteiger charge is -2.17. The smallest absolute Gasteiger partial charge is 0.272 e. The molecule has 6 heteroatoms. The molecular formula is C20H26N4O2. The van der Waals surface area contributed by atoms with E-state index in [1.54, 1.807) is 21.0 Å². The highest BCUT2D eigenvalue weighted by molar-refractivity contribution is 5.97. The van der Waals surface area contributed by atoms with E-state index in [4.69, 9.17) is 0 Å². The first-order valence-corrected chi connectivity index (χ1v) is 9.16. The van der Waals surface area contributed by atoms with Crippen LogP contribution in [0.1, 0.15) is 42.4 Å². The number of carbonyl (C=O) groups is 2. The van der Waals surface area contributed by atoms with Crippen molar-refractivity contribution in [3.63, 3.8) is 0 Å². The van der Waals surface area contributed by atoms with Crippen molar-refractivity contribution >= 4 is 11.8 Å². The molecule has 6 nitrogen and oxygen atoms in total. The van der Waals surface area contributed by atoms with E-state index in [1.807, 2.05) is 30.3 Å². The Kier molecular flexibility index (Phi) is 5.40. The molecule has 1 aliphatic heterocycles. The predicted molar refractivity (Wildman–Crippen MR) is 101 cm³/mol. The van der Waals surface area contributed by atoms with Crippen molar-refractivity contribution < 1.29 is 9.59 Å². The average Bonchev–Trinajstić information content (AvgIpc) is 2.83. The number of nitrogens with one attached hydrogen (secondary N) is 1. The summed E-state index contributed by atoms with van der Waals surface area (Å²) in [5.74, 6) is 0.423. The van der Waals surface area contributed by atoms with Gasteiger partial charge in [-0.05, 0) is 26.2 Å². The third-order valence-corrected chi connectivity index (χ3v) is 4.77. The number of nitrogens with zero attached hydrogens (tertiary/aromatic N) is 3. The fourth-order valence-electron chi connectivity index (χ4n) is 3.42. The van der Waals surface area contributed by atoms with E-state index in [0.717, 1.165) is 49.3 Å². The lowest BCUT2D eigenvalue weighted by molar-refractivity contribution is -0.130. The Balaban J connectivity index is 1.95. The third kappa shape index (κ3) is 3.64. The number of aromatic nitrogens is 2. The van der Waals surface area contributed by atoms with E-state index < -0.39 is 6.04 Å². The fourth-order valence-corrected chi connectivity index (χ4v) is 3.42. The Morgan fingerprint density at radius 1 is 1.15 bits per heavy atom. The van der Waals surface area contributed by atoms with Crippen LogP contribution in [0.2, 0.25) is 0 Å². The molecule has 1 aliphatic rings. The highest BCUT2D eigenvalue weighted by atomic mass is 16.2. The van der Waals surface area contributed by atoms with Crippen molar-refractivity contribution in [1.82, 2.24) is 19.8 Å². The van der Waals surface area contributed by atoms with Crippen LogP contribution in [0.4, 0.5) is 0 Å². The van der Waals surface area contributed by atoms with Crippen LogP contribution in [0.25, 0.3) is 11.4 Å². The molecule has 2 heterocycles. The minimum absolute atomic E-state index is 0.132. The first kappa shape index (κ1) is 18.2. The monoisotopic (exact) mass is 354 g/mol. The molecule has 1 atom stereocenters. The van der Waals surface area contributed by atoms with Crippen LogP contribution >= 0.6 is 0 Å². The van der Waals surface area contributed by atoms with Gasteiger partial charge in [-0.1, -0.05) is 36.8 Å². The van der Waals surface area contributed by atoms with Crippen LogP contribution in [0, 0.1) is 0 Å². The molecule has 3 rings (SSSR count). The largest absolute Gasteiger partial charge is 0.347 e. The molecule has 0 spiro atoms. The maximum atomic E-state index is 12.9. The van der Waals surface area contributed by atoms with Gasteiger partial charge in [0.15, 0.2) is 0 Å². The molecule has 2 amide bonds. The first-order chi connectivity index (χ1) is 12.5. The van der Waals surface area contributed by atoms with E-state index in [2.05, 4.69) is 14.9 Å². The standard InChI is InChI=1S/C20H26N4O2/c1-14(20(26)23(2)3)21-19(25)17-16-12-8-5-9-13-24(16)18(22-17)15-10-6-4-7-11-15/h4,6-7,10-11,14H,5,8-9,12-13H2,1-3H3,(H,21,25). The number of carbonyl (C=O) groups excluding carboxylic acids is 2. The van der Waals surface area contributed by atoms with Gasteiger partial charge in [-0.15, -0.1) is 0 Å². The molecule has 1 aromatic heterocycles. The van der Waals surface area contributed by atoms with Crippen molar-refractivity contribution in [1.29, 1.82) is 0 Å². The lowest BCUT2D eigenvalue weighted by Crippen LogP contribution is -2.44. The second-order valence-electron chi connectivity index (χ2n) is 6.99. The molecule has 0 fully saturated rings. The zero-order chi connectivity index (χ0) is 18.7. The highest BCUT2D eigenvalue weighted by Gasteiger charge is 2.26. The van der Waals surface area contributed by atoms with Gasteiger partial charge in [-0.2, -0.15) is 0 Å². The zero-order valence-corrected chi connectivity index (χ0v) is 15.7. The molecule has 138 valence electrons. The van der Waals surface area contributed by atoms with E-state index in [0.29, 0.717) is 5.69 Å². The Hall–Kier alpha value is -2.63. The fraction of sp³-hybridized carbons (Fsp3) is 0.450. The number of amides is 2. The summed E-state index contributed by atoms with van der Waals surface area (Å²) in [4.78, 5) is 31.1. The van der Waals surface area contributed by atoms with E-state index >= 15 is 0 Å². The number of rotatable bonds is 4. The van der Waals surface area contributed by atoms with Crippen molar-refractivity contribution in [3.8, 4) is 11.4 Å². The summed E-state index contributed by atoms with van der Waals surface area (Å²) in [7, 11) is 3.36. The van der Waals surface area contributed by atoms with E-state index in [9.17, 15) is 9.59 Å². The number of hydrogen-bond acceptors (Lipinski definition) is 3. The summed E-state index contributed by atoms with van der Waals surface area (Å²) in [6.45, 7) is 2.57. The number of benzene rings is 1. The van der Waals surface area contributed by atoms with Gasteiger partial charge in [0.1, 0.15) is 17.6 Å². The normalized spacial score (nSPS) is 14.9. The van der Waals surface area contributed by atoms with E-state index in [-0.39, 0.29) is 11.8 Å². The maximum absolute atomic E-state index is 12.9. The Labute approximate surface area is 154 Å². The highest BCUT2D eigenvalue weighted by Crippen LogP contribution is 2.27. The summed E-state index contributed by atoms with van der Waals surface area (Å²) >= 11 is 0. The van der Waals surface area contributed by atoms with Gasteiger partial charge in [0.25, 0.3) is 5.91 Å². The van der Waals surface area contributed by atoms with Gasteiger partial charge < -0.3 is 14.8 Å². The topological polar surface area (TPSA) is 67.2 Å². The SMILES string of the molecule is CC(NC(=O)c1nc(-c2ccccc2)n2c1CCCCC2)C(=O)N(C)C. The molecule has 26 heavy (non-hydrogen) atoms. The Morgan fingerprint density at radius 3 is 2.58 bits per heavy atom. The van der Waals surface area contributed by atoms with Gasteiger partial charge in [0, 0.05) is 26.2 Å². The Morgan fingerprint density at radius 2 is 1.88 bits per heavy atom. The van der Waals surface area contributed by atoms with Crippen LogP contribution < -0.4 is 5.32 Å². The molecule has 1 N–H and O–H groups in total. The summed E-state index contributed by atoms with van der Waals surface area (Å²) in [6.07, 6.45) is 4.11. The number of hydrogen-bond donors (Lipinski definition) is 1. The number of imidazole rings is 1. The molecule has 0 saturated heterocycles. The first-order valence-electron chi connectivity index (χ1n) is 9.16. The van der Waals surface area contributed by atoms with Crippen LogP contribution in [-0.4, -0.2) is 46.4 Å². The lowest BCUT2D eigenvalue weighted by atomic mass is 10.1. The molecule has 0 saturated carbocycles. The second kappa shape index (κ2) is 7.72. The van der Waals surface area contributed by atoms with Crippen LogP contribution in [0.15, 0.2) is 30.3 Å². The van der Waals surface area contributed by atoms with Gasteiger partial charge in [-0.3, -0.25) is 9.59 Å². The third-order valence-electron chi connectivity index (χ3n) is 4.77. The second-order valence-corrected chi connectivity index (χ2v) is 6.99. The van der Waals surface area contributed by atoms with Crippen molar-refractivity contribution in [2.45, 2.75) is 45.2 Å². The summed E-state index contributed by atoms with van der Waals surface area (Å²) in [5, 5.41) is 2.81. The molecule has 1 unspecified atom stereocenters. The minimum Gasteiger partial charge on any atom is -0.347 e. The molecule has 0 aliphatic carbocycles. The van der Waals surface area contributed by atoms with Crippen molar-refractivity contribution in [3.05, 3.63) is 41.7 Å². The van der Waals surface area contributed by atoms with Crippen molar-refractivity contribution in [2.75, 3.05) is 14.1 Å². The molecular weight excluding hydrogens is 328 g/mol. The van der Waals surface area contributed by atoms with Crippen LogP contribution in [0.3, 0.4) is 0 Å². The Bertz CT molecular complexity index is 796. The molecule has 1 aromatic carbocycles. The predicted octanol–water partition coefficient (Wildman–Crippen LogP) is 2.48. The molecule has 2 aromatic rings. The van der Waals surface area contributed by atoms with Gasteiger partial charge in [0.2, 0.25) is 5.91 Å². The van der Waals surface area contributed by atoms with Gasteiger partial charge >= 0.3 is 0 Å². The summed E-state index contributed by atoms with van der Waals surface area (Å²) in [5.41, 5.74) is 2.43. The van der Waals surface area contributed by atoms with E-state index in [1.165, 1.54) is 4.90 Å². The number of likely N-dealkylation sites (N-methyl/N-ethyl adjacent to an activating group) is 1. The maximum Gasteiger partial charge on any atom is 0.272 e. The number of fused-ring (bicyclic) bond motifs is 1. The zero-order valence-electron chi connectivity index (χ0n) is 15.7. The van der Waals surface area contributed by atoms with Crippen LogP contribution in [-0.2, 0) is 17.8 Å². The molecule has 0 radical (unpaired) electrons. The molecule has 0 bridgehead atoms. The van der Waals surface area contributed by atoms with Gasteiger partial charge in [-0.25, -0.2) is 4.98 Å². The average molecular weight is 354 g/mol. The summed E-state index contributed by atoms with van der Waals surface area (Å²) < 4.78 is 2.18. The quantitative estimate of drug-likeness (QED) is 0.917. The van der Waals surface area contributed by atoms with Crippen LogP contribution in [0.5, 0.6) is 0 Å². The van der Waals surface area contributed by atoms with Gasteiger partial charge in [0.05, 0.1) is 5.69 Å².